The van der Waals surface area contributed by atoms with E-state index >= 15 is 0 Å². The first-order valence-electron chi connectivity index (χ1n) is 9.25. The summed E-state index contributed by atoms with van der Waals surface area (Å²) in [4.78, 5) is 10.8. The summed E-state index contributed by atoms with van der Waals surface area (Å²) in [7, 11) is 3.16. The van der Waals surface area contributed by atoms with E-state index in [1.54, 1.807) is 26.4 Å². The summed E-state index contributed by atoms with van der Waals surface area (Å²) in [5.74, 6) is 1.56. The summed E-state index contributed by atoms with van der Waals surface area (Å²) < 4.78 is 12.8. The molecule has 0 bridgehead atoms. The van der Waals surface area contributed by atoms with Gasteiger partial charge in [-0.1, -0.05) is 12.1 Å². The molecular weight excluding hydrogens is 384 g/mol. The predicted molar refractivity (Wildman–Crippen MR) is 110 cm³/mol. The van der Waals surface area contributed by atoms with Crippen molar-refractivity contribution in [3.05, 3.63) is 63.7 Å². The molecule has 30 heavy (non-hydrogen) atoms. The van der Waals surface area contributed by atoms with Gasteiger partial charge in [-0.3, -0.25) is 15.8 Å². The van der Waals surface area contributed by atoms with Crippen LogP contribution in [0.15, 0.2) is 42.5 Å². The zero-order chi connectivity index (χ0) is 21.4. The number of nitro benzene ring substituents is 1. The Morgan fingerprint density at radius 1 is 1.13 bits per heavy atom. The highest BCUT2D eigenvalue weighted by atomic mass is 16.6. The van der Waals surface area contributed by atoms with Crippen molar-refractivity contribution >= 4 is 11.5 Å². The lowest BCUT2D eigenvalue weighted by Gasteiger charge is -2.22. The lowest BCUT2D eigenvalue weighted by Crippen LogP contribution is -2.44. The maximum absolute atomic E-state index is 11.2. The summed E-state index contributed by atoms with van der Waals surface area (Å²) in [5.41, 5.74) is 10.5. The molecule has 2 heterocycles. The Bertz CT molecular complexity index is 1230. The summed E-state index contributed by atoms with van der Waals surface area (Å²) in [6, 6.07) is 14.1. The number of nitriles is 1. The Balaban J connectivity index is 1.99. The Labute approximate surface area is 172 Å². The van der Waals surface area contributed by atoms with Gasteiger partial charge in [-0.25, -0.2) is 4.57 Å². The number of nitrogens with zero attached hydrogens (tertiary/aromatic N) is 3. The number of anilines is 1. The van der Waals surface area contributed by atoms with Crippen molar-refractivity contribution in [3.8, 4) is 40.0 Å². The SMILES string of the molecule is COc1cc2c(cc1OC)-c1cc(-c3cccc([N+](=O)[O-])c3)c(C#N)c(N)[n+]1CC2. The zero-order valence-electron chi connectivity index (χ0n) is 16.5. The van der Waals surface area contributed by atoms with Crippen LogP contribution in [0.5, 0.6) is 11.5 Å². The molecular formula is C22H19N4O4+. The highest BCUT2D eigenvalue weighted by Crippen LogP contribution is 2.39. The summed E-state index contributed by atoms with van der Waals surface area (Å²) in [6.45, 7) is 0.605. The number of aryl methyl sites for hydroxylation is 1. The fourth-order valence-electron chi connectivity index (χ4n) is 3.88. The first kappa shape index (κ1) is 19.2. The van der Waals surface area contributed by atoms with E-state index in [2.05, 4.69) is 6.07 Å². The lowest BCUT2D eigenvalue weighted by atomic mass is 9.92. The Morgan fingerprint density at radius 3 is 2.53 bits per heavy atom. The molecule has 0 saturated heterocycles. The van der Waals surface area contributed by atoms with Gasteiger partial charge in [0.1, 0.15) is 17.3 Å². The number of nitrogen functional groups attached to an aromatic ring is 1. The van der Waals surface area contributed by atoms with Crippen molar-refractivity contribution in [2.24, 2.45) is 0 Å². The standard InChI is InChI=1S/C22H18N4O4/c1-29-20-9-14-6-7-25-19(17(14)11-21(20)30-2)10-16(18(12-23)22(25)24)13-4-3-5-15(8-13)26(27)28/h3-5,8-11,24H,6-7H2,1-2H3/p+1. The maximum atomic E-state index is 11.2. The molecule has 0 spiro atoms. The normalized spacial score (nSPS) is 11.8. The van der Waals surface area contributed by atoms with Gasteiger partial charge in [-0.15, -0.1) is 0 Å². The second kappa shape index (κ2) is 7.37. The van der Waals surface area contributed by atoms with Crippen LogP contribution < -0.4 is 19.8 Å². The monoisotopic (exact) mass is 403 g/mol. The highest BCUT2D eigenvalue weighted by Gasteiger charge is 2.29. The van der Waals surface area contributed by atoms with Crippen molar-refractivity contribution < 1.29 is 19.0 Å². The van der Waals surface area contributed by atoms with Gasteiger partial charge in [-0.05, 0) is 29.3 Å². The van der Waals surface area contributed by atoms with Crippen LogP contribution in [-0.2, 0) is 13.0 Å². The number of nitro groups is 1. The second-order valence-corrected chi connectivity index (χ2v) is 6.89. The molecule has 0 atom stereocenters. The van der Waals surface area contributed by atoms with Crippen molar-refractivity contribution in [1.29, 1.82) is 5.26 Å². The number of methoxy groups -OCH3 is 2. The summed E-state index contributed by atoms with van der Waals surface area (Å²) in [6.07, 6.45) is 0.721. The molecule has 3 aromatic rings. The van der Waals surface area contributed by atoms with Gasteiger partial charge in [0.15, 0.2) is 11.5 Å². The van der Waals surface area contributed by atoms with Gasteiger partial charge in [0.05, 0.1) is 25.7 Å². The van der Waals surface area contributed by atoms with E-state index in [9.17, 15) is 15.4 Å². The minimum atomic E-state index is -0.460. The number of hydrogen-bond acceptors (Lipinski definition) is 6. The molecule has 4 rings (SSSR count). The van der Waals surface area contributed by atoms with Crippen LogP contribution in [-0.4, -0.2) is 19.1 Å². The fourth-order valence-corrected chi connectivity index (χ4v) is 3.88. The van der Waals surface area contributed by atoms with Gasteiger partial charge in [0, 0.05) is 29.7 Å². The van der Waals surface area contributed by atoms with Crippen molar-refractivity contribution in [2.75, 3.05) is 20.0 Å². The number of nitrogens with two attached hydrogens (primary N) is 1. The van der Waals surface area contributed by atoms with Gasteiger partial charge >= 0.3 is 0 Å². The Hall–Kier alpha value is -4.12. The first-order valence-corrected chi connectivity index (χ1v) is 9.25. The molecule has 0 amide bonds. The van der Waals surface area contributed by atoms with E-state index < -0.39 is 4.92 Å². The van der Waals surface area contributed by atoms with E-state index in [1.807, 2.05) is 22.8 Å². The summed E-state index contributed by atoms with van der Waals surface area (Å²) >= 11 is 0. The Kier molecular flexibility index (Phi) is 4.72. The van der Waals surface area contributed by atoms with Crippen molar-refractivity contribution in [3.63, 3.8) is 0 Å². The Morgan fingerprint density at radius 2 is 1.87 bits per heavy atom. The quantitative estimate of drug-likeness (QED) is 0.406. The number of fused-ring (bicyclic) bond motifs is 3. The molecule has 1 aliphatic rings. The molecule has 0 unspecified atom stereocenters. The number of ether oxygens (including phenoxy) is 2. The largest absolute Gasteiger partial charge is 0.493 e. The third-order valence-corrected chi connectivity index (χ3v) is 5.36. The van der Waals surface area contributed by atoms with Gasteiger partial charge in [0.25, 0.3) is 11.5 Å². The average molecular weight is 403 g/mol. The van der Waals surface area contributed by atoms with E-state index in [0.717, 1.165) is 23.2 Å². The average Bonchev–Trinajstić information content (AvgIpc) is 2.77. The van der Waals surface area contributed by atoms with Crippen molar-refractivity contribution in [2.45, 2.75) is 13.0 Å². The van der Waals surface area contributed by atoms with E-state index in [1.165, 1.54) is 12.1 Å². The van der Waals surface area contributed by atoms with Crippen LogP contribution in [0.3, 0.4) is 0 Å². The topological polar surface area (TPSA) is 115 Å². The van der Waals surface area contributed by atoms with Gasteiger partial charge < -0.3 is 9.47 Å². The van der Waals surface area contributed by atoms with Gasteiger partial charge in [-0.2, -0.15) is 5.26 Å². The van der Waals surface area contributed by atoms with Crippen molar-refractivity contribution in [1.82, 2.24) is 0 Å². The minimum Gasteiger partial charge on any atom is -0.493 e. The zero-order valence-corrected chi connectivity index (χ0v) is 16.5. The van der Waals surface area contributed by atoms with E-state index in [-0.39, 0.29) is 5.69 Å². The summed E-state index contributed by atoms with van der Waals surface area (Å²) in [5, 5.41) is 21.0. The number of rotatable bonds is 4. The molecule has 2 aromatic carbocycles. The third-order valence-electron chi connectivity index (χ3n) is 5.36. The maximum Gasteiger partial charge on any atom is 0.291 e. The van der Waals surface area contributed by atoms with E-state index in [4.69, 9.17) is 15.2 Å². The van der Waals surface area contributed by atoms with E-state index in [0.29, 0.717) is 40.6 Å². The lowest BCUT2D eigenvalue weighted by molar-refractivity contribution is -0.673. The number of aromatic nitrogens is 1. The first-order chi connectivity index (χ1) is 14.5. The number of hydrogen-bond donors (Lipinski definition) is 1. The molecule has 8 heteroatoms. The number of benzene rings is 2. The number of non-ortho nitro benzene ring substituents is 1. The molecule has 0 saturated carbocycles. The molecule has 150 valence electrons. The minimum absolute atomic E-state index is 0.0489. The highest BCUT2D eigenvalue weighted by molar-refractivity contribution is 5.80. The molecule has 1 aliphatic heterocycles. The molecule has 0 aliphatic carbocycles. The molecule has 2 N–H and O–H groups in total. The van der Waals surface area contributed by atoms with Gasteiger partial charge in [0.2, 0.25) is 0 Å². The van der Waals surface area contributed by atoms with Crippen LogP contribution in [0.2, 0.25) is 0 Å². The smallest absolute Gasteiger partial charge is 0.291 e. The van der Waals surface area contributed by atoms with Crippen LogP contribution in [0.1, 0.15) is 11.1 Å². The molecule has 0 fully saturated rings. The molecule has 0 radical (unpaired) electrons. The third kappa shape index (κ3) is 2.97. The molecule has 8 nitrogen and oxygen atoms in total. The number of pyridine rings is 1. The van der Waals surface area contributed by atoms with Crippen LogP contribution in [0.4, 0.5) is 11.5 Å². The van der Waals surface area contributed by atoms with Crippen LogP contribution >= 0.6 is 0 Å². The second-order valence-electron chi connectivity index (χ2n) is 6.89. The predicted octanol–water partition coefficient (Wildman–Crippen LogP) is 3.24. The fraction of sp³-hybridized carbons (Fsp3) is 0.182. The van der Waals surface area contributed by atoms with Crippen LogP contribution in [0, 0.1) is 21.4 Å². The van der Waals surface area contributed by atoms with Crippen LogP contribution in [0.25, 0.3) is 22.4 Å². The molecule has 1 aromatic heterocycles.